The first-order chi connectivity index (χ1) is 7.80. The zero-order valence-electron chi connectivity index (χ0n) is 10.5. The highest BCUT2D eigenvalue weighted by molar-refractivity contribution is 5.11. The molecule has 2 aliphatic carbocycles. The Morgan fingerprint density at radius 2 is 1.56 bits per heavy atom. The lowest BCUT2D eigenvalue weighted by Gasteiger charge is -2.45. The monoisotopic (exact) mass is 222 g/mol. The predicted octanol–water partition coefficient (Wildman–Crippen LogP) is 2.52. The summed E-state index contributed by atoms with van der Waals surface area (Å²) in [4.78, 5) is 2.70. The Morgan fingerprint density at radius 1 is 0.938 bits per heavy atom. The van der Waals surface area contributed by atoms with E-state index in [2.05, 4.69) is 4.90 Å². The highest BCUT2D eigenvalue weighted by Gasteiger charge is 2.51. The maximum Gasteiger partial charge on any atom is 0.0316 e. The molecule has 1 unspecified atom stereocenters. The van der Waals surface area contributed by atoms with Gasteiger partial charge in [-0.3, -0.25) is 4.90 Å². The Kier molecular flexibility index (Phi) is 2.97. The summed E-state index contributed by atoms with van der Waals surface area (Å²) in [6, 6.07) is 0.736. The van der Waals surface area contributed by atoms with Crippen LogP contribution in [0.4, 0.5) is 0 Å². The van der Waals surface area contributed by atoms with Crippen molar-refractivity contribution in [3.05, 3.63) is 0 Å². The quantitative estimate of drug-likeness (QED) is 0.744. The molecule has 0 amide bonds. The van der Waals surface area contributed by atoms with Crippen LogP contribution in [0.5, 0.6) is 0 Å². The fourth-order valence-electron chi connectivity index (χ4n) is 3.82. The van der Waals surface area contributed by atoms with Crippen LogP contribution >= 0.6 is 0 Å². The second-order valence-corrected chi connectivity index (χ2v) is 6.32. The summed E-state index contributed by atoms with van der Waals surface area (Å²) in [6.45, 7) is 2.64. The van der Waals surface area contributed by atoms with Crippen LogP contribution < -0.4 is 5.73 Å². The number of nitrogens with zero attached hydrogens (tertiary/aromatic N) is 1. The van der Waals surface area contributed by atoms with E-state index in [0.717, 1.165) is 12.0 Å². The van der Waals surface area contributed by atoms with Gasteiger partial charge in [0, 0.05) is 11.6 Å². The van der Waals surface area contributed by atoms with Gasteiger partial charge in [0.05, 0.1) is 0 Å². The van der Waals surface area contributed by atoms with Gasteiger partial charge in [-0.15, -0.1) is 0 Å². The maximum absolute atomic E-state index is 6.54. The highest BCUT2D eigenvalue weighted by Crippen LogP contribution is 2.45. The first kappa shape index (κ1) is 11.0. The van der Waals surface area contributed by atoms with Gasteiger partial charge in [-0.25, -0.2) is 0 Å². The van der Waals surface area contributed by atoms with Gasteiger partial charge in [0.2, 0.25) is 0 Å². The third-order valence-electron chi connectivity index (χ3n) is 5.05. The maximum atomic E-state index is 6.54. The van der Waals surface area contributed by atoms with Crippen LogP contribution in [0.3, 0.4) is 0 Å². The van der Waals surface area contributed by atoms with E-state index in [9.17, 15) is 0 Å². The minimum Gasteiger partial charge on any atom is -0.324 e. The van der Waals surface area contributed by atoms with Gasteiger partial charge in [-0.2, -0.15) is 0 Å². The molecule has 0 aromatic carbocycles. The topological polar surface area (TPSA) is 29.3 Å². The Labute approximate surface area is 99.6 Å². The fraction of sp³-hybridized carbons (Fsp3) is 1.00. The Morgan fingerprint density at radius 3 is 2.00 bits per heavy atom. The van der Waals surface area contributed by atoms with Crippen molar-refractivity contribution in [2.75, 3.05) is 13.1 Å². The zero-order chi connectivity index (χ0) is 11.0. The van der Waals surface area contributed by atoms with Crippen LogP contribution in [0.25, 0.3) is 0 Å². The lowest BCUT2D eigenvalue weighted by molar-refractivity contribution is 0.0475. The van der Waals surface area contributed by atoms with Crippen LogP contribution in [-0.2, 0) is 0 Å². The van der Waals surface area contributed by atoms with Crippen LogP contribution in [-0.4, -0.2) is 29.6 Å². The molecule has 1 saturated heterocycles. The van der Waals surface area contributed by atoms with Crippen molar-refractivity contribution in [3.63, 3.8) is 0 Å². The predicted molar refractivity (Wildman–Crippen MR) is 67.3 cm³/mol. The Hall–Kier alpha value is -0.0800. The van der Waals surface area contributed by atoms with Crippen molar-refractivity contribution >= 4 is 0 Å². The van der Waals surface area contributed by atoms with Crippen molar-refractivity contribution in [3.8, 4) is 0 Å². The third kappa shape index (κ3) is 2.02. The largest absolute Gasteiger partial charge is 0.324 e. The first-order valence-corrected chi connectivity index (χ1v) is 7.32. The fourth-order valence-corrected chi connectivity index (χ4v) is 3.82. The molecule has 2 saturated carbocycles. The molecule has 0 aromatic rings. The molecule has 0 bridgehead atoms. The number of nitrogens with two attached hydrogens (primary N) is 1. The van der Waals surface area contributed by atoms with Gasteiger partial charge in [0.25, 0.3) is 0 Å². The summed E-state index contributed by atoms with van der Waals surface area (Å²) in [7, 11) is 0. The van der Waals surface area contributed by atoms with Gasteiger partial charge in [0.15, 0.2) is 0 Å². The lowest BCUT2D eigenvalue weighted by Crippen LogP contribution is -2.58. The number of hydrogen-bond donors (Lipinski definition) is 1. The van der Waals surface area contributed by atoms with Crippen molar-refractivity contribution in [1.82, 2.24) is 4.90 Å². The smallest absolute Gasteiger partial charge is 0.0316 e. The third-order valence-corrected chi connectivity index (χ3v) is 5.05. The second kappa shape index (κ2) is 4.30. The molecule has 0 spiro atoms. The molecule has 3 aliphatic rings. The van der Waals surface area contributed by atoms with Gasteiger partial charge in [-0.1, -0.05) is 25.7 Å². The van der Waals surface area contributed by atoms with Crippen molar-refractivity contribution in [2.45, 2.75) is 69.4 Å². The van der Waals surface area contributed by atoms with E-state index in [-0.39, 0.29) is 5.54 Å². The second-order valence-electron chi connectivity index (χ2n) is 6.32. The molecule has 92 valence electrons. The molecule has 2 N–H and O–H groups in total. The molecular formula is C14H26N2. The van der Waals surface area contributed by atoms with Gasteiger partial charge in [-0.05, 0) is 51.1 Å². The molecule has 3 fully saturated rings. The van der Waals surface area contributed by atoms with E-state index in [1.165, 1.54) is 70.9 Å². The van der Waals surface area contributed by atoms with Crippen molar-refractivity contribution < 1.29 is 0 Å². The molecule has 1 atom stereocenters. The van der Waals surface area contributed by atoms with Crippen LogP contribution in [0.2, 0.25) is 0 Å². The molecule has 2 heteroatoms. The van der Waals surface area contributed by atoms with Crippen LogP contribution in [0.15, 0.2) is 0 Å². The first-order valence-electron chi connectivity index (χ1n) is 7.32. The molecule has 2 nitrogen and oxygen atoms in total. The standard InChI is InChI=1S/C14H26N2/c15-14(8-9-14)13(16-10-5-11-16)12-6-3-1-2-4-7-12/h12-13H,1-11,15H2. The molecular weight excluding hydrogens is 196 g/mol. The molecule has 1 aliphatic heterocycles. The van der Waals surface area contributed by atoms with Crippen LogP contribution in [0.1, 0.15) is 57.8 Å². The van der Waals surface area contributed by atoms with Gasteiger partial charge >= 0.3 is 0 Å². The highest BCUT2D eigenvalue weighted by atomic mass is 15.2. The Bertz CT molecular complexity index is 235. The summed E-state index contributed by atoms with van der Waals surface area (Å²) < 4.78 is 0. The van der Waals surface area contributed by atoms with Gasteiger partial charge < -0.3 is 5.73 Å². The van der Waals surface area contributed by atoms with E-state index in [1.54, 1.807) is 0 Å². The average molecular weight is 222 g/mol. The molecule has 0 radical (unpaired) electrons. The number of hydrogen-bond acceptors (Lipinski definition) is 2. The summed E-state index contributed by atoms with van der Waals surface area (Å²) in [6.07, 6.45) is 12.7. The normalized spacial score (nSPS) is 32.8. The number of likely N-dealkylation sites (tertiary alicyclic amines) is 1. The summed E-state index contributed by atoms with van der Waals surface area (Å²) in [5.41, 5.74) is 6.76. The summed E-state index contributed by atoms with van der Waals surface area (Å²) >= 11 is 0. The minimum absolute atomic E-state index is 0.218. The Balaban J connectivity index is 1.70. The van der Waals surface area contributed by atoms with E-state index in [0.29, 0.717) is 0 Å². The molecule has 3 rings (SSSR count). The number of rotatable bonds is 3. The SMILES string of the molecule is NC1(C(C2CCCCCC2)N2CCC2)CC1. The summed E-state index contributed by atoms with van der Waals surface area (Å²) in [5, 5.41) is 0. The average Bonchev–Trinajstić information content (AvgIpc) is 2.96. The molecule has 1 heterocycles. The molecule has 16 heavy (non-hydrogen) atoms. The van der Waals surface area contributed by atoms with Gasteiger partial charge in [0.1, 0.15) is 0 Å². The lowest BCUT2D eigenvalue weighted by atomic mass is 9.83. The van der Waals surface area contributed by atoms with E-state index in [4.69, 9.17) is 5.73 Å². The van der Waals surface area contributed by atoms with E-state index < -0.39 is 0 Å². The van der Waals surface area contributed by atoms with E-state index >= 15 is 0 Å². The summed E-state index contributed by atoms with van der Waals surface area (Å²) in [5.74, 6) is 0.912. The minimum atomic E-state index is 0.218. The zero-order valence-corrected chi connectivity index (χ0v) is 10.5. The van der Waals surface area contributed by atoms with E-state index in [1.807, 2.05) is 0 Å². The van der Waals surface area contributed by atoms with Crippen molar-refractivity contribution in [1.29, 1.82) is 0 Å². The molecule has 0 aromatic heterocycles. The van der Waals surface area contributed by atoms with Crippen molar-refractivity contribution in [2.24, 2.45) is 11.7 Å². The van der Waals surface area contributed by atoms with Crippen LogP contribution in [0, 0.1) is 5.92 Å².